The van der Waals surface area contributed by atoms with Gasteiger partial charge < -0.3 is 9.73 Å². The van der Waals surface area contributed by atoms with E-state index in [4.69, 9.17) is 9.40 Å². The van der Waals surface area contributed by atoms with E-state index in [-0.39, 0.29) is 17.2 Å². The van der Waals surface area contributed by atoms with Crippen LogP contribution in [0, 0.1) is 0 Å². The summed E-state index contributed by atoms with van der Waals surface area (Å²) < 4.78 is 5.48. The molecular weight excluding hydrogens is 406 g/mol. The summed E-state index contributed by atoms with van der Waals surface area (Å²) in [4.78, 5) is 22.1. The standard InChI is InChI=1S/C25H25N3O2S/c1-17(14-15-19-9-4-3-5-10-19)26-24(29)18(2)31-25-20-11-6-7-12-21(20)27-23(28-25)22-13-8-16-30-22/h3-13,16-18H,14-15H2,1-2H3,(H,26,29). The molecule has 1 amide bonds. The highest BCUT2D eigenvalue weighted by Gasteiger charge is 2.20. The fraction of sp³-hybridized carbons (Fsp3) is 0.240. The molecule has 0 aliphatic rings. The summed E-state index contributed by atoms with van der Waals surface area (Å²) in [6.45, 7) is 3.96. The van der Waals surface area contributed by atoms with Crippen LogP contribution in [0.15, 0.2) is 82.4 Å². The topological polar surface area (TPSA) is 68.0 Å². The quantitative estimate of drug-likeness (QED) is 0.294. The van der Waals surface area contributed by atoms with Crippen molar-refractivity contribution in [3.8, 4) is 11.6 Å². The van der Waals surface area contributed by atoms with Gasteiger partial charge in [0, 0.05) is 11.4 Å². The van der Waals surface area contributed by atoms with Gasteiger partial charge in [0.2, 0.25) is 5.91 Å². The molecule has 0 saturated carbocycles. The Bertz CT molecular complexity index is 1150. The molecule has 4 rings (SSSR count). The van der Waals surface area contributed by atoms with Crippen LogP contribution in [0.3, 0.4) is 0 Å². The molecule has 1 N–H and O–H groups in total. The lowest BCUT2D eigenvalue weighted by Gasteiger charge is -2.18. The summed E-state index contributed by atoms with van der Waals surface area (Å²) in [6.07, 6.45) is 3.44. The lowest BCUT2D eigenvalue weighted by molar-refractivity contribution is -0.120. The average molecular weight is 432 g/mol. The molecule has 2 unspecified atom stereocenters. The van der Waals surface area contributed by atoms with E-state index in [1.54, 1.807) is 6.26 Å². The third kappa shape index (κ3) is 5.33. The fourth-order valence-corrected chi connectivity index (χ4v) is 4.28. The molecule has 0 fully saturated rings. The number of para-hydroxylation sites is 1. The zero-order valence-corrected chi connectivity index (χ0v) is 18.4. The number of nitrogens with one attached hydrogen (secondary N) is 1. The molecule has 4 aromatic rings. The van der Waals surface area contributed by atoms with Crippen molar-refractivity contribution >= 4 is 28.6 Å². The fourth-order valence-electron chi connectivity index (χ4n) is 3.33. The molecule has 2 aromatic heterocycles. The number of carbonyl (C=O) groups excluding carboxylic acids is 1. The second kappa shape index (κ2) is 9.79. The van der Waals surface area contributed by atoms with Crippen LogP contribution < -0.4 is 5.32 Å². The molecule has 31 heavy (non-hydrogen) atoms. The number of hydrogen-bond donors (Lipinski definition) is 1. The molecule has 2 atom stereocenters. The van der Waals surface area contributed by atoms with E-state index in [9.17, 15) is 4.79 Å². The van der Waals surface area contributed by atoms with Gasteiger partial charge in [0.25, 0.3) is 0 Å². The summed E-state index contributed by atoms with van der Waals surface area (Å²) in [5.74, 6) is 1.14. The Morgan fingerprint density at radius 2 is 1.77 bits per heavy atom. The van der Waals surface area contributed by atoms with Gasteiger partial charge in [-0.3, -0.25) is 4.79 Å². The van der Waals surface area contributed by atoms with Crippen LogP contribution in [0.5, 0.6) is 0 Å². The lowest BCUT2D eigenvalue weighted by atomic mass is 10.1. The van der Waals surface area contributed by atoms with Gasteiger partial charge in [0.1, 0.15) is 5.03 Å². The first kappa shape index (κ1) is 21.1. The molecule has 0 radical (unpaired) electrons. The third-order valence-corrected chi connectivity index (χ3v) is 6.17. The van der Waals surface area contributed by atoms with Gasteiger partial charge in [-0.1, -0.05) is 60.3 Å². The zero-order valence-electron chi connectivity index (χ0n) is 17.6. The smallest absolute Gasteiger partial charge is 0.233 e. The van der Waals surface area contributed by atoms with Crippen molar-refractivity contribution in [3.63, 3.8) is 0 Å². The Labute approximate surface area is 186 Å². The van der Waals surface area contributed by atoms with Crippen LogP contribution in [-0.2, 0) is 11.2 Å². The maximum absolute atomic E-state index is 12.8. The van der Waals surface area contributed by atoms with E-state index in [1.165, 1.54) is 17.3 Å². The molecule has 0 spiro atoms. The van der Waals surface area contributed by atoms with Crippen LogP contribution in [0.25, 0.3) is 22.5 Å². The molecule has 2 aromatic carbocycles. The number of rotatable bonds is 8. The number of nitrogens with zero attached hydrogens (tertiary/aromatic N) is 2. The van der Waals surface area contributed by atoms with E-state index in [2.05, 4.69) is 22.4 Å². The minimum absolute atomic E-state index is 0.00723. The zero-order chi connectivity index (χ0) is 21.6. The lowest BCUT2D eigenvalue weighted by Crippen LogP contribution is -2.37. The van der Waals surface area contributed by atoms with Crippen LogP contribution in [0.2, 0.25) is 0 Å². The number of amides is 1. The van der Waals surface area contributed by atoms with E-state index in [1.807, 2.05) is 68.4 Å². The van der Waals surface area contributed by atoms with Crippen molar-refractivity contribution in [2.75, 3.05) is 0 Å². The summed E-state index contributed by atoms with van der Waals surface area (Å²) in [7, 11) is 0. The minimum Gasteiger partial charge on any atom is -0.461 e. The van der Waals surface area contributed by atoms with Crippen molar-refractivity contribution in [3.05, 3.63) is 78.6 Å². The van der Waals surface area contributed by atoms with Crippen molar-refractivity contribution in [2.45, 2.75) is 43.0 Å². The number of thioether (sulfide) groups is 1. The maximum atomic E-state index is 12.8. The number of furan rings is 1. The van der Waals surface area contributed by atoms with Crippen molar-refractivity contribution in [1.29, 1.82) is 0 Å². The largest absolute Gasteiger partial charge is 0.461 e. The molecular formula is C25H25N3O2S. The second-order valence-corrected chi connectivity index (χ2v) is 8.87. The van der Waals surface area contributed by atoms with Crippen LogP contribution in [0.4, 0.5) is 0 Å². The van der Waals surface area contributed by atoms with E-state index in [0.717, 1.165) is 28.8 Å². The Morgan fingerprint density at radius 3 is 2.55 bits per heavy atom. The summed E-state index contributed by atoms with van der Waals surface area (Å²) in [5, 5.41) is 4.55. The molecule has 5 nitrogen and oxygen atoms in total. The van der Waals surface area contributed by atoms with Gasteiger partial charge in [-0.25, -0.2) is 9.97 Å². The minimum atomic E-state index is -0.290. The number of hydrogen-bond acceptors (Lipinski definition) is 5. The first-order valence-corrected chi connectivity index (χ1v) is 11.3. The predicted molar refractivity (Wildman–Crippen MR) is 125 cm³/mol. The Hall–Kier alpha value is -3.12. The molecule has 158 valence electrons. The van der Waals surface area contributed by atoms with E-state index in [0.29, 0.717) is 11.6 Å². The molecule has 6 heteroatoms. The summed E-state index contributed by atoms with van der Waals surface area (Å²) >= 11 is 1.44. The van der Waals surface area contributed by atoms with Gasteiger partial charge >= 0.3 is 0 Å². The molecule has 0 saturated heterocycles. The van der Waals surface area contributed by atoms with Gasteiger partial charge in [-0.05, 0) is 50.5 Å². The number of aromatic nitrogens is 2. The van der Waals surface area contributed by atoms with Crippen molar-refractivity contribution in [1.82, 2.24) is 15.3 Å². The Balaban J connectivity index is 1.45. The van der Waals surface area contributed by atoms with Gasteiger partial charge in [-0.15, -0.1) is 0 Å². The highest BCUT2D eigenvalue weighted by atomic mass is 32.2. The van der Waals surface area contributed by atoms with Gasteiger partial charge in [0.05, 0.1) is 17.0 Å². The number of fused-ring (bicyclic) bond motifs is 1. The van der Waals surface area contributed by atoms with Crippen LogP contribution in [0.1, 0.15) is 25.8 Å². The third-order valence-electron chi connectivity index (χ3n) is 5.06. The molecule has 2 heterocycles. The molecule has 0 aliphatic carbocycles. The summed E-state index contributed by atoms with van der Waals surface area (Å²) in [5.41, 5.74) is 2.11. The molecule has 0 bridgehead atoms. The summed E-state index contributed by atoms with van der Waals surface area (Å²) in [6, 6.07) is 21.9. The highest BCUT2D eigenvalue weighted by molar-refractivity contribution is 8.00. The Kier molecular flexibility index (Phi) is 6.67. The van der Waals surface area contributed by atoms with Gasteiger partial charge in [-0.2, -0.15) is 0 Å². The Morgan fingerprint density at radius 1 is 1.00 bits per heavy atom. The predicted octanol–water partition coefficient (Wildman–Crippen LogP) is 5.51. The monoisotopic (exact) mass is 431 g/mol. The SMILES string of the molecule is CC(CCc1ccccc1)NC(=O)C(C)Sc1nc(-c2ccco2)nc2ccccc12. The van der Waals surface area contributed by atoms with E-state index < -0.39 is 0 Å². The second-order valence-electron chi connectivity index (χ2n) is 7.54. The van der Waals surface area contributed by atoms with Crippen molar-refractivity contribution in [2.24, 2.45) is 0 Å². The molecule has 0 aliphatic heterocycles. The number of aryl methyl sites for hydroxylation is 1. The number of benzene rings is 2. The number of carbonyl (C=O) groups is 1. The first-order valence-electron chi connectivity index (χ1n) is 10.4. The maximum Gasteiger partial charge on any atom is 0.233 e. The highest BCUT2D eigenvalue weighted by Crippen LogP contribution is 2.31. The average Bonchev–Trinajstić information content (AvgIpc) is 3.33. The van der Waals surface area contributed by atoms with Crippen LogP contribution >= 0.6 is 11.8 Å². The van der Waals surface area contributed by atoms with Gasteiger partial charge in [0.15, 0.2) is 11.6 Å². The van der Waals surface area contributed by atoms with Crippen molar-refractivity contribution < 1.29 is 9.21 Å². The van der Waals surface area contributed by atoms with E-state index >= 15 is 0 Å². The normalized spacial score (nSPS) is 13.1. The van der Waals surface area contributed by atoms with Crippen LogP contribution in [-0.4, -0.2) is 27.2 Å². The first-order chi connectivity index (χ1) is 15.1.